The van der Waals surface area contributed by atoms with Gasteiger partial charge < -0.3 is 5.73 Å². The lowest BCUT2D eigenvalue weighted by Gasteiger charge is -2.43. The highest BCUT2D eigenvalue weighted by Gasteiger charge is 2.45. The number of fused-ring (bicyclic) bond motifs is 1. The summed E-state index contributed by atoms with van der Waals surface area (Å²) >= 11 is 0. The summed E-state index contributed by atoms with van der Waals surface area (Å²) in [5.74, 6) is 3.08. The predicted molar refractivity (Wildman–Crippen MR) is 49.7 cm³/mol. The highest BCUT2D eigenvalue weighted by molar-refractivity contribution is 5.01. The minimum absolute atomic E-state index is 0.277. The Labute approximate surface area is 74.7 Å². The second-order valence-electron chi connectivity index (χ2n) is 5.61. The Kier molecular flexibility index (Phi) is 1.39. The van der Waals surface area contributed by atoms with Crippen molar-refractivity contribution in [3.05, 3.63) is 0 Å². The van der Waals surface area contributed by atoms with E-state index in [0.717, 1.165) is 17.8 Å². The van der Waals surface area contributed by atoms with Crippen molar-refractivity contribution >= 4 is 0 Å². The van der Waals surface area contributed by atoms with Crippen LogP contribution in [-0.2, 0) is 0 Å². The third-order valence-electron chi connectivity index (χ3n) is 4.44. The Balaban J connectivity index is 1.94. The fourth-order valence-electron chi connectivity index (χ4n) is 4.20. The standard InChI is InChI=1S/C11H19N/c12-11-2-1-8-3-9(6-11)5-10(4-8)7-11/h8-10H,1-7,12H2/t8?,9-,10+,11?. The van der Waals surface area contributed by atoms with E-state index in [1.54, 1.807) is 0 Å². The van der Waals surface area contributed by atoms with Crippen LogP contribution in [0.2, 0.25) is 0 Å². The molecule has 0 aromatic heterocycles. The molecular formula is C11H19N. The van der Waals surface area contributed by atoms with Gasteiger partial charge in [0.25, 0.3) is 0 Å². The maximum atomic E-state index is 6.42. The van der Waals surface area contributed by atoms with Gasteiger partial charge in [-0.15, -0.1) is 0 Å². The third kappa shape index (κ3) is 1.02. The maximum Gasteiger partial charge on any atom is 0.0159 e. The van der Waals surface area contributed by atoms with E-state index in [1.807, 2.05) is 0 Å². The molecule has 2 unspecified atom stereocenters. The Bertz CT molecular complexity index is 185. The topological polar surface area (TPSA) is 26.0 Å². The summed E-state index contributed by atoms with van der Waals surface area (Å²) in [4.78, 5) is 0. The summed E-state index contributed by atoms with van der Waals surface area (Å²) in [6, 6.07) is 0. The summed E-state index contributed by atoms with van der Waals surface area (Å²) in [5, 5.41) is 0. The molecule has 4 bridgehead atoms. The first kappa shape index (κ1) is 7.37. The van der Waals surface area contributed by atoms with E-state index in [4.69, 9.17) is 5.73 Å². The number of hydrogen-bond acceptors (Lipinski definition) is 1. The van der Waals surface area contributed by atoms with Crippen molar-refractivity contribution in [2.75, 3.05) is 0 Å². The molecule has 0 aromatic carbocycles. The van der Waals surface area contributed by atoms with Gasteiger partial charge in [-0.05, 0) is 62.7 Å². The summed E-state index contributed by atoms with van der Waals surface area (Å²) in [6.07, 6.45) is 9.98. The Morgan fingerprint density at radius 2 is 1.50 bits per heavy atom. The van der Waals surface area contributed by atoms with E-state index >= 15 is 0 Å². The van der Waals surface area contributed by atoms with Crippen molar-refractivity contribution in [3.63, 3.8) is 0 Å². The van der Waals surface area contributed by atoms with Crippen LogP contribution in [0.5, 0.6) is 0 Å². The molecule has 0 saturated heterocycles. The quantitative estimate of drug-likeness (QED) is 0.585. The molecule has 4 saturated carbocycles. The molecule has 0 spiro atoms. The molecule has 0 amide bonds. The zero-order valence-electron chi connectivity index (χ0n) is 7.76. The van der Waals surface area contributed by atoms with Gasteiger partial charge >= 0.3 is 0 Å². The lowest BCUT2D eigenvalue weighted by Crippen LogP contribution is -2.46. The smallest absolute Gasteiger partial charge is 0.0159 e. The molecule has 4 aliphatic rings. The van der Waals surface area contributed by atoms with Crippen LogP contribution >= 0.6 is 0 Å². The van der Waals surface area contributed by atoms with Crippen molar-refractivity contribution < 1.29 is 0 Å². The average molecular weight is 165 g/mol. The SMILES string of the molecule is NC12CCC3C[C@H](C[C@H](C3)C1)C2. The molecule has 2 N–H and O–H groups in total. The van der Waals surface area contributed by atoms with E-state index in [-0.39, 0.29) is 5.54 Å². The molecular weight excluding hydrogens is 146 g/mol. The van der Waals surface area contributed by atoms with E-state index in [2.05, 4.69) is 0 Å². The van der Waals surface area contributed by atoms with Crippen LogP contribution in [0.1, 0.15) is 44.9 Å². The van der Waals surface area contributed by atoms with Gasteiger partial charge in [0.1, 0.15) is 0 Å². The minimum atomic E-state index is 0.277. The maximum absolute atomic E-state index is 6.42. The van der Waals surface area contributed by atoms with Gasteiger partial charge in [-0.2, -0.15) is 0 Å². The van der Waals surface area contributed by atoms with E-state index in [0.29, 0.717) is 0 Å². The van der Waals surface area contributed by atoms with E-state index < -0.39 is 0 Å². The lowest BCUT2D eigenvalue weighted by molar-refractivity contribution is 0.117. The zero-order chi connectivity index (χ0) is 8.18. The van der Waals surface area contributed by atoms with Gasteiger partial charge in [-0.1, -0.05) is 0 Å². The Hall–Kier alpha value is -0.0400. The van der Waals surface area contributed by atoms with E-state index in [1.165, 1.54) is 44.9 Å². The highest BCUT2D eigenvalue weighted by atomic mass is 14.8. The van der Waals surface area contributed by atoms with Crippen LogP contribution in [0.3, 0.4) is 0 Å². The van der Waals surface area contributed by atoms with Crippen molar-refractivity contribution in [2.45, 2.75) is 50.5 Å². The number of rotatable bonds is 0. The first-order valence-electron chi connectivity index (χ1n) is 5.52. The third-order valence-corrected chi connectivity index (χ3v) is 4.44. The van der Waals surface area contributed by atoms with Gasteiger partial charge in [0.15, 0.2) is 0 Å². The fraction of sp³-hybridized carbons (Fsp3) is 1.00. The molecule has 0 aliphatic heterocycles. The monoisotopic (exact) mass is 165 g/mol. The van der Waals surface area contributed by atoms with Gasteiger partial charge in [0.2, 0.25) is 0 Å². The molecule has 1 heteroatoms. The molecule has 1 nitrogen and oxygen atoms in total. The van der Waals surface area contributed by atoms with Crippen molar-refractivity contribution in [1.82, 2.24) is 0 Å². The van der Waals surface area contributed by atoms with Gasteiger partial charge in [-0.3, -0.25) is 0 Å². The largest absolute Gasteiger partial charge is 0.325 e. The average Bonchev–Trinajstić information content (AvgIpc) is 2.14. The summed E-state index contributed by atoms with van der Waals surface area (Å²) in [5.41, 5.74) is 6.69. The predicted octanol–water partition coefficient (Wildman–Crippen LogP) is 2.30. The Morgan fingerprint density at radius 3 is 2.17 bits per heavy atom. The van der Waals surface area contributed by atoms with Crippen LogP contribution in [0.4, 0.5) is 0 Å². The van der Waals surface area contributed by atoms with Crippen molar-refractivity contribution in [3.8, 4) is 0 Å². The molecule has 0 aromatic rings. The second kappa shape index (κ2) is 2.25. The summed E-state index contributed by atoms with van der Waals surface area (Å²) in [7, 11) is 0. The van der Waals surface area contributed by atoms with Gasteiger partial charge in [0, 0.05) is 5.54 Å². The molecule has 68 valence electrons. The second-order valence-corrected chi connectivity index (χ2v) is 5.61. The Morgan fingerprint density at radius 1 is 0.917 bits per heavy atom. The van der Waals surface area contributed by atoms with E-state index in [9.17, 15) is 0 Å². The van der Waals surface area contributed by atoms with Crippen LogP contribution in [0.15, 0.2) is 0 Å². The van der Waals surface area contributed by atoms with Crippen LogP contribution in [0, 0.1) is 17.8 Å². The molecule has 0 radical (unpaired) electrons. The van der Waals surface area contributed by atoms with Crippen LogP contribution < -0.4 is 5.73 Å². The molecule has 4 aliphatic carbocycles. The molecule has 12 heavy (non-hydrogen) atoms. The zero-order valence-corrected chi connectivity index (χ0v) is 7.76. The van der Waals surface area contributed by atoms with Crippen LogP contribution in [0.25, 0.3) is 0 Å². The first-order valence-corrected chi connectivity index (χ1v) is 5.52. The summed E-state index contributed by atoms with van der Waals surface area (Å²) < 4.78 is 0. The van der Waals surface area contributed by atoms with Crippen molar-refractivity contribution in [2.24, 2.45) is 23.5 Å². The normalized spacial score (nSPS) is 57.2. The first-order chi connectivity index (χ1) is 5.73. The van der Waals surface area contributed by atoms with Crippen molar-refractivity contribution in [1.29, 1.82) is 0 Å². The lowest BCUT2D eigenvalue weighted by atomic mass is 9.65. The summed E-state index contributed by atoms with van der Waals surface area (Å²) in [6.45, 7) is 0. The molecule has 4 fully saturated rings. The fourth-order valence-corrected chi connectivity index (χ4v) is 4.20. The minimum Gasteiger partial charge on any atom is -0.325 e. The molecule has 4 rings (SSSR count). The number of hydrogen-bond donors (Lipinski definition) is 1. The number of nitrogens with two attached hydrogens (primary N) is 1. The highest BCUT2D eigenvalue weighted by Crippen LogP contribution is 2.51. The van der Waals surface area contributed by atoms with Gasteiger partial charge in [-0.25, -0.2) is 0 Å². The molecule has 0 heterocycles. The van der Waals surface area contributed by atoms with Gasteiger partial charge in [0.05, 0.1) is 0 Å². The molecule has 4 atom stereocenters. The van der Waals surface area contributed by atoms with Crippen LogP contribution in [-0.4, -0.2) is 5.54 Å².